The maximum absolute atomic E-state index is 12.3. The Labute approximate surface area is 132 Å². The standard InChI is InChI=1S/C17H15N3OS/c21-16(10-15-11-22-17-18-7-8-20(15)17)19-14-6-5-12-3-1-2-4-13(12)9-14/h1-6,9,11H,7-8,10H2,(H,19,21). The highest BCUT2D eigenvalue weighted by molar-refractivity contribution is 8.16. The van der Waals surface area contributed by atoms with Crippen LogP contribution in [0, 0.1) is 0 Å². The Kier molecular flexibility index (Phi) is 3.35. The predicted molar refractivity (Wildman–Crippen MR) is 91.9 cm³/mol. The first kappa shape index (κ1) is 13.4. The summed E-state index contributed by atoms with van der Waals surface area (Å²) in [7, 11) is 0. The van der Waals surface area contributed by atoms with Gasteiger partial charge in [-0.05, 0) is 28.3 Å². The van der Waals surface area contributed by atoms with Gasteiger partial charge in [-0.25, -0.2) is 0 Å². The summed E-state index contributed by atoms with van der Waals surface area (Å²) in [5, 5.41) is 8.34. The Morgan fingerprint density at radius 1 is 1.23 bits per heavy atom. The number of nitrogens with one attached hydrogen (secondary N) is 1. The van der Waals surface area contributed by atoms with Crippen molar-refractivity contribution in [2.45, 2.75) is 6.42 Å². The zero-order valence-electron chi connectivity index (χ0n) is 12.0. The molecule has 0 saturated heterocycles. The molecule has 0 spiro atoms. The number of thioether (sulfide) groups is 1. The number of nitrogens with zero attached hydrogens (tertiary/aromatic N) is 2. The smallest absolute Gasteiger partial charge is 0.230 e. The van der Waals surface area contributed by atoms with E-state index in [1.807, 2.05) is 41.8 Å². The van der Waals surface area contributed by atoms with Crippen LogP contribution in [0.2, 0.25) is 0 Å². The van der Waals surface area contributed by atoms with E-state index >= 15 is 0 Å². The van der Waals surface area contributed by atoms with Gasteiger partial charge in [0.05, 0.1) is 13.0 Å². The third-order valence-electron chi connectivity index (χ3n) is 3.82. The highest BCUT2D eigenvalue weighted by atomic mass is 32.2. The molecule has 0 bridgehead atoms. The predicted octanol–water partition coefficient (Wildman–Crippen LogP) is 3.43. The minimum atomic E-state index is 0.00952. The Morgan fingerprint density at radius 3 is 3.00 bits per heavy atom. The van der Waals surface area contributed by atoms with E-state index in [1.165, 1.54) is 5.39 Å². The molecule has 0 saturated carbocycles. The van der Waals surface area contributed by atoms with E-state index in [4.69, 9.17) is 0 Å². The molecule has 0 atom stereocenters. The third kappa shape index (κ3) is 2.48. The van der Waals surface area contributed by atoms with E-state index in [0.717, 1.165) is 35.0 Å². The number of benzene rings is 2. The molecule has 110 valence electrons. The molecular weight excluding hydrogens is 294 g/mol. The van der Waals surface area contributed by atoms with Crippen LogP contribution >= 0.6 is 11.8 Å². The fraction of sp³-hybridized carbons (Fsp3) is 0.176. The number of carbonyl (C=O) groups excluding carboxylic acids is 1. The molecule has 0 radical (unpaired) electrons. The third-order valence-corrected chi connectivity index (χ3v) is 4.77. The fourth-order valence-corrected chi connectivity index (χ4v) is 3.71. The molecule has 0 fully saturated rings. The zero-order chi connectivity index (χ0) is 14.9. The molecule has 2 heterocycles. The topological polar surface area (TPSA) is 44.7 Å². The summed E-state index contributed by atoms with van der Waals surface area (Å²) in [4.78, 5) is 18.8. The van der Waals surface area contributed by atoms with E-state index in [2.05, 4.69) is 21.3 Å². The quantitative estimate of drug-likeness (QED) is 0.945. The van der Waals surface area contributed by atoms with Crippen molar-refractivity contribution in [1.29, 1.82) is 0 Å². The summed E-state index contributed by atoms with van der Waals surface area (Å²) in [6.45, 7) is 1.71. The minimum absolute atomic E-state index is 0.00952. The molecular formula is C17H15N3OS. The highest BCUT2D eigenvalue weighted by Gasteiger charge is 2.27. The van der Waals surface area contributed by atoms with Crippen molar-refractivity contribution in [3.63, 3.8) is 0 Å². The molecule has 0 unspecified atom stereocenters. The Balaban J connectivity index is 1.46. The van der Waals surface area contributed by atoms with Crippen molar-refractivity contribution in [3.05, 3.63) is 53.6 Å². The molecule has 2 aliphatic heterocycles. The first-order chi connectivity index (χ1) is 10.8. The average Bonchev–Trinajstić information content (AvgIpc) is 3.12. The number of amides is 1. The molecule has 5 heteroatoms. The molecule has 0 aliphatic carbocycles. The van der Waals surface area contributed by atoms with Crippen LogP contribution in [0.1, 0.15) is 6.42 Å². The van der Waals surface area contributed by atoms with Crippen LogP contribution in [0.4, 0.5) is 5.69 Å². The van der Waals surface area contributed by atoms with E-state index < -0.39 is 0 Å². The van der Waals surface area contributed by atoms with Gasteiger partial charge >= 0.3 is 0 Å². The molecule has 2 aromatic carbocycles. The van der Waals surface area contributed by atoms with Gasteiger partial charge in [-0.2, -0.15) is 0 Å². The monoisotopic (exact) mass is 309 g/mol. The van der Waals surface area contributed by atoms with Crippen molar-refractivity contribution in [1.82, 2.24) is 4.90 Å². The van der Waals surface area contributed by atoms with Crippen LogP contribution in [0.25, 0.3) is 10.8 Å². The lowest BCUT2D eigenvalue weighted by Crippen LogP contribution is -2.24. The van der Waals surface area contributed by atoms with Gasteiger partial charge in [0.25, 0.3) is 0 Å². The lowest BCUT2D eigenvalue weighted by molar-refractivity contribution is -0.115. The summed E-state index contributed by atoms with van der Waals surface area (Å²) in [6.07, 6.45) is 0.388. The number of anilines is 1. The summed E-state index contributed by atoms with van der Waals surface area (Å²) in [5.41, 5.74) is 1.88. The lowest BCUT2D eigenvalue weighted by Gasteiger charge is -2.16. The van der Waals surface area contributed by atoms with Crippen LogP contribution in [0.3, 0.4) is 0 Å². The maximum Gasteiger partial charge on any atom is 0.230 e. The zero-order valence-corrected chi connectivity index (χ0v) is 12.8. The van der Waals surface area contributed by atoms with Crippen molar-refractivity contribution < 1.29 is 4.79 Å². The fourth-order valence-electron chi connectivity index (χ4n) is 2.75. The van der Waals surface area contributed by atoms with Crippen LogP contribution in [-0.2, 0) is 4.79 Å². The van der Waals surface area contributed by atoms with Gasteiger partial charge in [0.15, 0.2) is 5.17 Å². The number of carbonyl (C=O) groups is 1. The molecule has 2 aromatic rings. The summed E-state index contributed by atoms with van der Waals surface area (Å²) in [6, 6.07) is 14.1. The van der Waals surface area contributed by atoms with Crippen molar-refractivity contribution >= 4 is 39.3 Å². The summed E-state index contributed by atoms with van der Waals surface area (Å²) in [5.74, 6) is 0.00952. The summed E-state index contributed by atoms with van der Waals surface area (Å²) < 4.78 is 0. The number of hydrogen-bond acceptors (Lipinski definition) is 4. The normalized spacial score (nSPS) is 16.5. The van der Waals surface area contributed by atoms with Gasteiger partial charge in [-0.15, -0.1) is 0 Å². The molecule has 4 nitrogen and oxygen atoms in total. The SMILES string of the molecule is O=C(CC1=CSC2=NCCN12)Nc1ccc2ccccc2c1. The molecule has 22 heavy (non-hydrogen) atoms. The van der Waals surface area contributed by atoms with Gasteiger partial charge in [0.2, 0.25) is 5.91 Å². The van der Waals surface area contributed by atoms with Crippen molar-refractivity contribution in [2.75, 3.05) is 18.4 Å². The van der Waals surface area contributed by atoms with Gasteiger partial charge in [-0.1, -0.05) is 42.1 Å². The number of aliphatic imine (C=N–C) groups is 1. The van der Waals surface area contributed by atoms with Crippen LogP contribution in [0.5, 0.6) is 0 Å². The molecule has 0 aromatic heterocycles. The molecule has 1 amide bonds. The largest absolute Gasteiger partial charge is 0.326 e. The van der Waals surface area contributed by atoms with E-state index in [9.17, 15) is 4.79 Å². The Hall–Kier alpha value is -2.27. The number of fused-ring (bicyclic) bond motifs is 2. The van der Waals surface area contributed by atoms with Crippen LogP contribution in [-0.4, -0.2) is 29.1 Å². The lowest BCUT2D eigenvalue weighted by atomic mass is 10.1. The van der Waals surface area contributed by atoms with Gasteiger partial charge < -0.3 is 10.2 Å². The van der Waals surface area contributed by atoms with Crippen molar-refractivity contribution in [3.8, 4) is 0 Å². The maximum atomic E-state index is 12.3. The molecule has 4 rings (SSSR count). The van der Waals surface area contributed by atoms with E-state index in [1.54, 1.807) is 11.8 Å². The van der Waals surface area contributed by atoms with Crippen LogP contribution in [0.15, 0.2) is 58.6 Å². The second kappa shape index (κ2) is 5.50. The van der Waals surface area contributed by atoms with Crippen LogP contribution < -0.4 is 5.32 Å². The number of amidine groups is 1. The number of hydrogen-bond donors (Lipinski definition) is 1. The van der Waals surface area contributed by atoms with Gasteiger partial charge in [0, 0.05) is 17.9 Å². The highest BCUT2D eigenvalue weighted by Crippen LogP contribution is 2.31. The first-order valence-corrected chi connectivity index (χ1v) is 8.14. The Morgan fingerprint density at radius 2 is 2.09 bits per heavy atom. The first-order valence-electron chi connectivity index (χ1n) is 7.26. The van der Waals surface area contributed by atoms with E-state index in [-0.39, 0.29) is 5.91 Å². The van der Waals surface area contributed by atoms with Gasteiger partial charge in [0.1, 0.15) is 0 Å². The second-order valence-electron chi connectivity index (χ2n) is 5.33. The summed E-state index contributed by atoms with van der Waals surface area (Å²) >= 11 is 1.61. The second-order valence-corrected chi connectivity index (χ2v) is 6.17. The molecule has 2 aliphatic rings. The average molecular weight is 309 g/mol. The number of rotatable bonds is 3. The minimum Gasteiger partial charge on any atom is -0.326 e. The molecule has 1 N–H and O–H groups in total. The van der Waals surface area contributed by atoms with E-state index in [0.29, 0.717) is 6.42 Å². The van der Waals surface area contributed by atoms with Crippen molar-refractivity contribution in [2.24, 2.45) is 4.99 Å². The van der Waals surface area contributed by atoms with Gasteiger partial charge in [-0.3, -0.25) is 9.79 Å². The Bertz CT molecular complexity index is 812.